The van der Waals surface area contributed by atoms with Gasteiger partial charge in [0, 0.05) is 12.0 Å². The van der Waals surface area contributed by atoms with Crippen LogP contribution in [0.3, 0.4) is 0 Å². The Morgan fingerprint density at radius 3 is 1.93 bits per heavy atom. The predicted molar refractivity (Wildman–Crippen MR) is 96.7 cm³/mol. The Hall–Kier alpha value is -2.29. The lowest BCUT2D eigenvalue weighted by molar-refractivity contribution is -0.266. The minimum absolute atomic E-state index is 0.121. The number of alkyl halides is 6. The predicted octanol–water partition coefficient (Wildman–Crippen LogP) is 6.06. The second kappa shape index (κ2) is 8.09. The number of benzene rings is 2. The molecule has 0 saturated carbocycles. The Kier molecular flexibility index (Phi) is 6.47. The highest BCUT2D eigenvalue weighted by atomic mass is 19.4. The Labute approximate surface area is 169 Å². The van der Waals surface area contributed by atoms with Crippen LogP contribution in [0.4, 0.5) is 30.7 Å². The summed E-state index contributed by atoms with van der Waals surface area (Å²) in [6, 6.07) is 6.52. The minimum atomic E-state index is -5.09. The molecule has 1 unspecified atom stereocenters. The van der Waals surface area contributed by atoms with Crippen LogP contribution < -0.4 is 4.74 Å². The fourth-order valence-electron chi connectivity index (χ4n) is 3.45. The largest absolute Gasteiger partial charge is 0.496 e. The molecule has 2 aromatic carbocycles. The zero-order valence-electron chi connectivity index (χ0n) is 16.5. The van der Waals surface area contributed by atoms with Gasteiger partial charge in [-0.25, -0.2) is 4.39 Å². The summed E-state index contributed by atoms with van der Waals surface area (Å²) in [5.74, 6) is -0.530. The molecule has 30 heavy (non-hydrogen) atoms. The van der Waals surface area contributed by atoms with Gasteiger partial charge >= 0.3 is 12.4 Å². The molecular formula is C21H21F7O2. The fourth-order valence-corrected chi connectivity index (χ4v) is 3.45. The van der Waals surface area contributed by atoms with E-state index in [9.17, 15) is 35.8 Å². The maximum absolute atomic E-state index is 13.8. The first kappa shape index (κ1) is 24.0. The SMILES string of the molecule is COc1ccc(F)cc1C(C)(C)CC(O)(Cc1ccc(C(F)(F)F)cc1)C(F)(F)F. The topological polar surface area (TPSA) is 29.5 Å². The zero-order chi connectivity index (χ0) is 23.0. The average molecular weight is 438 g/mol. The van der Waals surface area contributed by atoms with Crippen molar-refractivity contribution >= 4 is 0 Å². The van der Waals surface area contributed by atoms with Crippen molar-refractivity contribution in [2.45, 2.75) is 50.1 Å². The lowest BCUT2D eigenvalue weighted by Crippen LogP contribution is -2.50. The first-order valence-corrected chi connectivity index (χ1v) is 8.88. The summed E-state index contributed by atoms with van der Waals surface area (Å²) < 4.78 is 98.4. The molecule has 0 aliphatic heterocycles. The third kappa shape index (κ3) is 5.24. The smallest absolute Gasteiger partial charge is 0.417 e. The number of aliphatic hydroxyl groups is 1. The number of methoxy groups -OCH3 is 1. The van der Waals surface area contributed by atoms with E-state index >= 15 is 0 Å². The quantitative estimate of drug-likeness (QED) is 0.556. The lowest BCUT2D eigenvalue weighted by Gasteiger charge is -2.38. The van der Waals surface area contributed by atoms with Crippen LogP contribution in [0, 0.1) is 5.82 Å². The van der Waals surface area contributed by atoms with Crippen molar-refractivity contribution in [1.29, 1.82) is 0 Å². The number of rotatable bonds is 6. The number of hydrogen-bond donors (Lipinski definition) is 1. The highest BCUT2D eigenvalue weighted by molar-refractivity contribution is 5.40. The van der Waals surface area contributed by atoms with Gasteiger partial charge in [-0.1, -0.05) is 26.0 Å². The highest BCUT2D eigenvalue weighted by Crippen LogP contribution is 2.45. The van der Waals surface area contributed by atoms with Crippen LogP contribution in [-0.2, 0) is 18.0 Å². The average Bonchev–Trinajstić information content (AvgIpc) is 2.60. The molecule has 0 bridgehead atoms. The van der Waals surface area contributed by atoms with E-state index in [2.05, 4.69) is 0 Å². The molecule has 0 aromatic heterocycles. The highest BCUT2D eigenvalue weighted by Gasteiger charge is 2.56. The molecule has 2 aromatic rings. The van der Waals surface area contributed by atoms with Gasteiger partial charge < -0.3 is 9.84 Å². The zero-order valence-corrected chi connectivity index (χ0v) is 16.5. The molecule has 0 aliphatic carbocycles. The van der Waals surface area contributed by atoms with E-state index in [1.165, 1.54) is 27.0 Å². The van der Waals surface area contributed by atoms with E-state index in [1.54, 1.807) is 0 Å². The molecule has 0 fully saturated rings. The lowest BCUT2D eigenvalue weighted by atomic mass is 9.72. The summed E-state index contributed by atoms with van der Waals surface area (Å²) in [5.41, 5.74) is -5.66. The Morgan fingerprint density at radius 2 is 1.47 bits per heavy atom. The van der Waals surface area contributed by atoms with E-state index in [-0.39, 0.29) is 16.9 Å². The molecule has 9 heteroatoms. The van der Waals surface area contributed by atoms with Crippen molar-refractivity contribution < 1.29 is 40.6 Å². The van der Waals surface area contributed by atoms with Crippen LogP contribution in [0.1, 0.15) is 37.0 Å². The van der Waals surface area contributed by atoms with E-state index in [0.29, 0.717) is 12.1 Å². The summed E-state index contributed by atoms with van der Waals surface area (Å²) >= 11 is 0. The number of ether oxygens (including phenoxy) is 1. The molecule has 0 heterocycles. The maximum atomic E-state index is 13.8. The first-order chi connectivity index (χ1) is 13.6. The van der Waals surface area contributed by atoms with Crippen LogP contribution >= 0.6 is 0 Å². The normalized spacial score (nSPS) is 15.0. The van der Waals surface area contributed by atoms with E-state index in [1.807, 2.05) is 0 Å². The molecule has 1 atom stereocenters. The molecular weight excluding hydrogens is 417 g/mol. The van der Waals surface area contributed by atoms with E-state index in [4.69, 9.17) is 4.74 Å². The number of halogens is 7. The fraction of sp³-hybridized carbons (Fsp3) is 0.429. The molecule has 166 valence electrons. The van der Waals surface area contributed by atoms with Crippen molar-refractivity contribution in [3.8, 4) is 5.75 Å². The monoisotopic (exact) mass is 438 g/mol. The van der Waals surface area contributed by atoms with Crippen LogP contribution in [0.2, 0.25) is 0 Å². The van der Waals surface area contributed by atoms with Crippen LogP contribution in [-0.4, -0.2) is 24.0 Å². The third-order valence-electron chi connectivity index (χ3n) is 4.93. The second-order valence-electron chi connectivity index (χ2n) is 7.81. The van der Waals surface area contributed by atoms with Crippen LogP contribution in [0.25, 0.3) is 0 Å². The van der Waals surface area contributed by atoms with Gasteiger partial charge in [-0.2, -0.15) is 26.3 Å². The van der Waals surface area contributed by atoms with E-state index < -0.39 is 47.6 Å². The maximum Gasteiger partial charge on any atom is 0.417 e. The van der Waals surface area contributed by atoms with Crippen molar-refractivity contribution in [2.75, 3.05) is 7.11 Å². The molecule has 0 spiro atoms. The summed E-state index contributed by atoms with van der Waals surface area (Å²) in [6.07, 6.45) is -11.6. The minimum Gasteiger partial charge on any atom is -0.496 e. The van der Waals surface area contributed by atoms with Crippen LogP contribution in [0.15, 0.2) is 42.5 Å². The van der Waals surface area contributed by atoms with Gasteiger partial charge in [-0.3, -0.25) is 0 Å². The Balaban J connectivity index is 2.41. The Bertz CT molecular complexity index is 870. The first-order valence-electron chi connectivity index (χ1n) is 8.88. The standard InChI is InChI=1S/C21H21F7O2/c1-18(2,16-10-15(22)8-9-17(16)30-3)12-19(29,21(26,27)28)11-13-4-6-14(7-5-13)20(23,24)25/h4-10,29H,11-12H2,1-3H3. The van der Waals surface area contributed by atoms with Crippen molar-refractivity contribution in [1.82, 2.24) is 0 Å². The van der Waals surface area contributed by atoms with Gasteiger partial charge in [0.15, 0.2) is 5.60 Å². The van der Waals surface area contributed by atoms with Gasteiger partial charge in [-0.15, -0.1) is 0 Å². The van der Waals surface area contributed by atoms with Crippen LogP contribution in [0.5, 0.6) is 5.75 Å². The summed E-state index contributed by atoms with van der Waals surface area (Å²) in [4.78, 5) is 0. The Morgan fingerprint density at radius 1 is 0.900 bits per heavy atom. The van der Waals surface area contributed by atoms with Crippen molar-refractivity contribution in [3.63, 3.8) is 0 Å². The van der Waals surface area contributed by atoms with Gasteiger partial charge in [0.1, 0.15) is 11.6 Å². The second-order valence-corrected chi connectivity index (χ2v) is 7.81. The molecule has 0 saturated heterocycles. The van der Waals surface area contributed by atoms with E-state index in [0.717, 1.165) is 24.3 Å². The molecule has 2 nitrogen and oxygen atoms in total. The summed E-state index contributed by atoms with van der Waals surface area (Å²) in [7, 11) is 1.28. The molecule has 2 rings (SSSR count). The van der Waals surface area contributed by atoms with Gasteiger partial charge in [0.25, 0.3) is 0 Å². The number of hydrogen-bond acceptors (Lipinski definition) is 2. The molecule has 0 amide bonds. The molecule has 1 N–H and O–H groups in total. The summed E-state index contributed by atoms with van der Waals surface area (Å²) in [6.45, 7) is 2.79. The molecule has 0 radical (unpaired) electrons. The third-order valence-corrected chi connectivity index (χ3v) is 4.93. The van der Waals surface area contributed by atoms with Gasteiger partial charge in [0.2, 0.25) is 0 Å². The molecule has 0 aliphatic rings. The van der Waals surface area contributed by atoms with Gasteiger partial charge in [0.05, 0.1) is 12.7 Å². The van der Waals surface area contributed by atoms with Crippen molar-refractivity contribution in [2.24, 2.45) is 0 Å². The summed E-state index contributed by atoms with van der Waals surface area (Å²) in [5, 5.41) is 10.6. The van der Waals surface area contributed by atoms with Crippen molar-refractivity contribution in [3.05, 3.63) is 65.0 Å². The van der Waals surface area contributed by atoms with Gasteiger partial charge in [-0.05, 0) is 47.7 Å².